The van der Waals surface area contributed by atoms with Gasteiger partial charge in [-0.05, 0) is 42.3 Å². The van der Waals surface area contributed by atoms with E-state index in [1.165, 1.54) is 4.31 Å². The zero-order valence-corrected chi connectivity index (χ0v) is 20.9. The van der Waals surface area contributed by atoms with Crippen molar-refractivity contribution in [3.8, 4) is 0 Å². The lowest BCUT2D eigenvalue weighted by Gasteiger charge is -2.36. The Kier molecular flexibility index (Phi) is 8.19. The zero-order valence-electron chi connectivity index (χ0n) is 19.3. The van der Waals surface area contributed by atoms with Crippen LogP contribution in [0, 0.1) is 18.6 Å². The summed E-state index contributed by atoms with van der Waals surface area (Å²) in [7, 11) is -3.99. The second-order valence-corrected chi connectivity index (χ2v) is 11.0. The highest BCUT2D eigenvalue weighted by Gasteiger charge is 2.30. The van der Waals surface area contributed by atoms with Crippen LogP contribution in [0.15, 0.2) is 71.6 Å². The maximum Gasteiger partial charge on any atom is 0.243 e. The molecule has 0 amide bonds. The predicted molar refractivity (Wildman–Crippen MR) is 132 cm³/mol. The van der Waals surface area contributed by atoms with Crippen LogP contribution in [0.25, 0.3) is 0 Å². The SMILES string of the molecule is Cc1cccc(CO[C@H](CN2CCN(S(=O)(=O)c3cc(F)cc(F)c3)CC2)c2ccc(Cl)cc2)c1. The number of ether oxygens (including phenoxy) is 1. The molecule has 1 atom stereocenters. The molecule has 9 heteroatoms. The monoisotopic (exact) mass is 520 g/mol. The van der Waals surface area contributed by atoms with Crippen molar-refractivity contribution in [3.05, 3.63) is 100 Å². The third-order valence-corrected chi connectivity index (χ3v) is 8.13. The number of halogens is 3. The second-order valence-electron chi connectivity index (χ2n) is 8.65. The molecule has 0 N–H and O–H groups in total. The number of rotatable bonds is 8. The Morgan fingerprint density at radius 3 is 2.23 bits per heavy atom. The minimum absolute atomic E-state index is 0.214. The number of piperazine rings is 1. The number of benzene rings is 3. The topological polar surface area (TPSA) is 49.9 Å². The smallest absolute Gasteiger partial charge is 0.243 e. The number of hydrogen-bond donors (Lipinski definition) is 0. The van der Waals surface area contributed by atoms with Gasteiger partial charge in [0.2, 0.25) is 10.0 Å². The molecule has 35 heavy (non-hydrogen) atoms. The zero-order chi connectivity index (χ0) is 25.0. The van der Waals surface area contributed by atoms with Crippen molar-refractivity contribution in [3.63, 3.8) is 0 Å². The molecule has 3 aromatic carbocycles. The van der Waals surface area contributed by atoms with Crippen molar-refractivity contribution in [2.24, 2.45) is 0 Å². The molecule has 4 rings (SSSR count). The average molecular weight is 521 g/mol. The highest BCUT2D eigenvalue weighted by atomic mass is 35.5. The molecule has 1 aliphatic heterocycles. The fourth-order valence-corrected chi connectivity index (χ4v) is 5.74. The summed E-state index contributed by atoms with van der Waals surface area (Å²) in [6.45, 7) is 4.40. The van der Waals surface area contributed by atoms with Crippen molar-refractivity contribution in [1.82, 2.24) is 9.21 Å². The van der Waals surface area contributed by atoms with Gasteiger partial charge in [-0.3, -0.25) is 4.90 Å². The van der Waals surface area contributed by atoms with Gasteiger partial charge in [0.15, 0.2) is 0 Å². The summed E-state index contributed by atoms with van der Waals surface area (Å²) in [6, 6.07) is 18.0. The van der Waals surface area contributed by atoms with Crippen molar-refractivity contribution in [2.75, 3.05) is 32.7 Å². The standard InChI is InChI=1S/C26H27ClF2N2O3S/c1-19-3-2-4-20(13-19)18-34-26(21-5-7-22(27)8-6-21)17-30-9-11-31(12-10-30)35(32,33)25-15-23(28)14-24(29)16-25/h2-8,13-16,26H,9-12,17-18H2,1H3/t26-/m1/s1. The first-order valence-corrected chi connectivity index (χ1v) is 13.1. The summed E-state index contributed by atoms with van der Waals surface area (Å²) >= 11 is 6.07. The van der Waals surface area contributed by atoms with Crippen molar-refractivity contribution in [1.29, 1.82) is 0 Å². The third kappa shape index (κ3) is 6.65. The van der Waals surface area contributed by atoms with E-state index in [2.05, 4.69) is 11.0 Å². The van der Waals surface area contributed by atoms with E-state index in [1.807, 2.05) is 49.4 Å². The summed E-state index contributed by atoms with van der Waals surface area (Å²) in [5.41, 5.74) is 3.21. The van der Waals surface area contributed by atoms with Crippen LogP contribution in [0.3, 0.4) is 0 Å². The molecule has 186 valence electrons. The van der Waals surface area contributed by atoms with Gasteiger partial charge >= 0.3 is 0 Å². The molecule has 1 heterocycles. The number of hydrogen-bond acceptors (Lipinski definition) is 4. The largest absolute Gasteiger partial charge is 0.368 e. The molecule has 3 aromatic rings. The Labute approximate surface area is 209 Å². The fraction of sp³-hybridized carbons (Fsp3) is 0.308. The third-order valence-electron chi connectivity index (χ3n) is 6.00. The molecule has 0 bridgehead atoms. The van der Waals surface area contributed by atoms with Crippen LogP contribution in [0.2, 0.25) is 5.02 Å². The normalized spacial score (nSPS) is 16.3. The fourth-order valence-electron chi connectivity index (χ4n) is 4.14. The molecular weight excluding hydrogens is 494 g/mol. The van der Waals surface area contributed by atoms with E-state index in [1.54, 1.807) is 0 Å². The van der Waals surface area contributed by atoms with Crippen LogP contribution in [-0.2, 0) is 21.4 Å². The Balaban J connectivity index is 1.43. The predicted octanol–water partition coefficient (Wildman–Crippen LogP) is 5.19. The summed E-state index contributed by atoms with van der Waals surface area (Å²) < 4.78 is 60.5. The summed E-state index contributed by atoms with van der Waals surface area (Å²) in [6.07, 6.45) is -0.242. The molecule has 1 fully saturated rings. The highest BCUT2D eigenvalue weighted by Crippen LogP contribution is 2.25. The van der Waals surface area contributed by atoms with Gasteiger partial charge < -0.3 is 4.74 Å². The van der Waals surface area contributed by atoms with Gasteiger partial charge in [-0.15, -0.1) is 0 Å². The first-order valence-electron chi connectivity index (χ1n) is 11.3. The van der Waals surface area contributed by atoms with Crippen LogP contribution in [0.5, 0.6) is 0 Å². The van der Waals surface area contributed by atoms with E-state index >= 15 is 0 Å². The van der Waals surface area contributed by atoms with E-state index < -0.39 is 21.7 Å². The minimum Gasteiger partial charge on any atom is -0.368 e. The van der Waals surface area contributed by atoms with Gasteiger partial charge in [-0.1, -0.05) is 53.6 Å². The van der Waals surface area contributed by atoms with Gasteiger partial charge in [0, 0.05) is 43.8 Å². The summed E-state index contributed by atoms with van der Waals surface area (Å²) in [4.78, 5) is 1.76. The Bertz CT molecular complexity index is 1240. The van der Waals surface area contributed by atoms with E-state index in [0.717, 1.165) is 28.8 Å². The van der Waals surface area contributed by atoms with Crippen LogP contribution >= 0.6 is 11.6 Å². The molecule has 0 spiro atoms. The van der Waals surface area contributed by atoms with E-state index in [-0.39, 0.29) is 24.1 Å². The second kappa shape index (κ2) is 11.1. The maximum atomic E-state index is 13.6. The average Bonchev–Trinajstić information content (AvgIpc) is 2.82. The number of aryl methyl sites for hydroxylation is 1. The minimum atomic E-state index is -3.99. The first-order chi connectivity index (χ1) is 16.7. The molecule has 1 saturated heterocycles. The summed E-state index contributed by atoms with van der Waals surface area (Å²) in [5.74, 6) is -1.84. The van der Waals surface area contributed by atoms with E-state index in [9.17, 15) is 17.2 Å². The van der Waals surface area contributed by atoms with Gasteiger partial charge in [0.1, 0.15) is 11.6 Å². The van der Waals surface area contributed by atoms with Crippen molar-refractivity contribution < 1.29 is 21.9 Å². The number of sulfonamides is 1. The first kappa shape index (κ1) is 25.7. The number of nitrogens with zero attached hydrogens (tertiary/aromatic N) is 2. The van der Waals surface area contributed by atoms with Crippen molar-refractivity contribution in [2.45, 2.75) is 24.5 Å². The van der Waals surface area contributed by atoms with Crippen molar-refractivity contribution >= 4 is 21.6 Å². The molecule has 0 saturated carbocycles. The quantitative estimate of drug-likeness (QED) is 0.410. The molecule has 1 aliphatic rings. The highest BCUT2D eigenvalue weighted by molar-refractivity contribution is 7.89. The van der Waals surface area contributed by atoms with Gasteiger partial charge in [-0.25, -0.2) is 17.2 Å². The lowest BCUT2D eigenvalue weighted by atomic mass is 10.1. The molecular formula is C26H27ClF2N2O3S. The van der Waals surface area contributed by atoms with Gasteiger partial charge in [-0.2, -0.15) is 4.31 Å². The Morgan fingerprint density at radius 2 is 1.60 bits per heavy atom. The van der Waals surface area contributed by atoms with Crippen LogP contribution < -0.4 is 0 Å². The molecule has 0 aliphatic carbocycles. The Morgan fingerprint density at radius 1 is 0.943 bits per heavy atom. The maximum absolute atomic E-state index is 13.6. The van der Waals surface area contributed by atoms with Gasteiger partial charge in [0.05, 0.1) is 17.6 Å². The van der Waals surface area contributed by atoms with Crippen LogP contribution in [0.4, 0.5) is 8.78 Å². The van der Waals surface area contributed by atoms with Crippen LogP contribution in [0.1, 0.15) is 22.8 Å². The van der Waals surface area contributed by atoms with E-state index in [0.29, 0.717) is 37.3 Å². The molecule has 0 unspecified atom stereocenters. The van der Waals surface area contributed by atoms with Crippen LogP contribution in [-0.4, -0.2) is 50.3 Å². The molecule has 0 aromatic heterocycles. The molecule has 5 nitrogen and oxygen atoms in total. The molecule has 0 radical (unpaired) electrons. The van der Waals surface area contributed by atoms with Gasteiger partial charge in [0.25, 0.3) is 0 Å². The Hall–Kier alpha value is -2.36. The van der Waals surface area contributed by atoms with E-state index in [4.69, 9.17) is 16.3 Å². The summed E-state index contributed by atoms with van der Waals surface area (Å²) in [5, 5.41) is 0.638. The lowest BCUT2D eigenvalue weighted by Crippen LogP contribution is -2.49. The lowest BCUT2D eigenvalue weighted by molar-refractivity contribution is 0.00771.